The summed E-state index contributed by atoms with van der Waals surface area (Å²) < 4.78 is 5.15. The van der Waals surface area contributed by atoms with Crippen molar-refractivity contribution < 1.29 is 9.53 Å². The topological polar surface area (TPSA) is 126 Å². The van der Waals surface area contributed by atoms with Crippen LogP contribution in [0.2, 0.25) is 0 Å². The van der Waals surface area contributed by atoms with E-state index < -0.39 is 11.5 Å². The molecule has 3 N–H and O–H groups in total. The van der Waals surface area contributed by atoms with E-state index >= 15 is 0 Å². The van der Waals surface area contributed by atoms with Gasteiger partial charge in [0.1, 0.15) is 16.9 Å². The summed E-state index contributed by atoms with van der Waals surface area (Å²) in [5.74, 6) is 1.53. The van der Waals surface area contributed by atoms with Gasteiger partial charge in [0.25, 0.3) is 5.91 Å². The average Bonchev–Trinajstić information content (AvgIpc) is 3.44. The highest BCUT2D eigenvalue weighted by atomic mass is 32.1. The monoisotopic (exact) mass is 438 g/mol. The van der Waals surface area contributed by atoms with Crippen LogP contribution >= 0.6 is 11.3 Å². The summed E-state index contributed by atoms with van der Waals surface area (Å²) in [5.41, 5.74) is 7.02. The molecule has 0 saturated carbocycles. The standard InChI is InChI=1S/C20H22N8O2S/c1-20-10-23-28(9-12-4-5-13(30-3)17(21)24-12)19(29)15(20)27(2)18-16(20)31-14(25-18)8-11-6-7-22-26-11/h4-7,10,15H,8-9H2,1-3H3,(H2,21,24)(H,22,26). The molecule has 0 spiro atoms. The van der Waals surface area contributed by atoms with Gasteiger partial charge >= 0.3 is 0 Å². The van der Waals surface area contributed by atoms with Crippen LogP contribution in [0.1, 0.15) is 28.2 Å². The van der Waals surface area contributed by atoms with E-state index in [1.54, 1.807) is 29.7 Å². The Morgan fingerprint density at radius 3 is 2.87 bits per heavy atom. The first-order chi connectivity index (χ1) is 14.9. The number of aromatic nitrogens is 4. The van der Waals surface area contributed by atoms with E-state index in [4.69, 9.17) is 15.5 Å². The molecule has 160 valence electrons. The Bertz CT molecular complexity index is 1170. The van der Waals surface area contributed by atoms with Crippen molar-refractivity contribution in [3.63, 3.8) is 0 Å². The number of nitrogen functional groups attached to an aromatic ring is 1. The van der Waals surface area contributed by atoms with Gasteiger partial charge in [0.15, 0.2) is 11.6 Å². The van der Waals surface area contributed by atoms with Crippen LogP contribution in [0.4, 0.5) is 11.6 Å². The second-order valence-corrected chi connectivity index (χ2v) is 8.93. The van der Waals surface area contributed by atoms with Crippen molar-refractivity contribution in [2.75, 3.05) is 24.8 Å². The second-order valence-electron chi connectivity index (χ2n) is 7.85. The molecule has 0 fully saturated rings. The Hall–Kier alpha value is -3.47. The molecule has 5 heterocycles. The van der Waals surface area contributed by atoms with Crippen LogP contribution in [0.15, 0.2) is 29.5 Å². The molecule has 3 aromatic rings. The Labute approximate surface area is 182 Å². The highest BCUT2D eigenvalue weighted by molar-refractivity contribution is 7.12. The number of nitrogens with zero attached hydrogens (tertiary/aromatic N) is 6. The van der Waals surface area contributed by atoms with Crippen LogP contribution in [0.5, 0.6) is 5.75 Å². The number of nitrogens with one attached hydrogen (secondary N) is 1. The minimum Gasteiger partial charge on any atom is -0.493 e. The van der Waals surface area contributed by atoms with Crippen molar-refractivity contribution >= 4 is 35.1 Å². The molecule has 2 aliphatic heterocycles. The number of pyridine rings is 1. The summed E-state index contributed by atoms with van der Waals surface area (Å²) in [4.78, 5) is 25.5. The van der Waals surface area contributed by atoms with Crippen molar-refractivity contribution in [1.29, 1.82) is 0 Å². The van der Waals surface area contributed by atoms with Crippen LogP contribution < -0.4 is 15.4 Å². The summed E-state index contributed by atoms with van der Waals surface area (Å²) in [5, 5.41) is 13.9. The number of H-pyrrole nitrogens is 1. The number of hydrogen-bond acceptors (Lipinski definition) is 9. The maximum atomic E-state index is 13.4. The van der Waals surface area contributed by atoms with Gasteiger partial charge in [0.05, 0.1) is 29.6 Å². The first-order valence-electron chi connectivity index (χ1n) is 9.78. The predicted molar refractivity (Wildman–Crippen MR) is 117 cm³/mol. The van der Waals surface area contributed by atoms with Gasteiger partial charge in [0, 0.05) is 31.6 Å². The van der Waals surface area contributed by atoms with Crippen molar-refractivity contribution in [1.82, 2.24) is 25.2 Å². The number of thiazole rings is 1. The number of nitrogens with two attached hydrogens (primary N) is 1. The predicted octanol–water partition coefficient (Wildman–Crippen LogP) is 1.55. The van der Waals surface area contributed by atoms with E-state index in [1.807, 2.05) is 31.2 Å². The minimum atomic E-state index is -0.534. The third-order valence-electron chi connectivity index (χ3n) is 5.76. The molecular weight excluding hydrogens is 416 g/mol. The Kier molecular flexibility index (Phi) is 4.43. The van der Waals surface area contributed by atoms with Gasteiger partial charge < -0.3 is 15.4 Å². The molecule has 2 atom stereocenters. The Morgan fingerprint density at radius 2 is 2.16 bits per heavy atom. The lowest BCUT2D eigenvalue weighted by molar-refractivity contribution is -0.134. The molecular formula is C20H22N8O2S. The lowest BCUT2D eigenvalue weighted by atomic mass is 9.83. The SMILES string of the molecule is COc1ccc(CN2N=CC3(C)c4sc(Cc5ccn[nH]5)nc4N(C)C3C2=O)nc1N. The Morgan fingerprint density at radius 1 is 1.32 bits per heavy atom. The summed E-state index contributed by atoms with van der Waals surface area (Å²) in [6, 6.07) is 5.05. The van der Waals surface area contributed by atoms with Gasteiger partial charge in [-0.1, -0.05) is 0 Å². The maximum absolute atomic E-state index is 13.4. The summed E-state index contributed by atoms with van der Waals surface area (Å²) in [6.45, 7) is 2.27. The number of aromatic amines is 1. The zero-order chi connectivity index (χ0) is 21.8. The zero-order valence-electron chi connectivity index (χ0n) is 17.4. The van der Waals surface area contributed by atoms with E-state index in [0.717, 1.165) is 21.4 Å². The number of likely N-dealkylation sites (N-methyl/N-ethyl adjacent to an activating group) is 1. The van der Waals surface area contributed by atoms with Gasteiger partial charge in [-0.2, -0.15) is 10.2 Å². The molecule has 31 heavy (non-hydrogen) atoms. The largest absolute Gasteiger partial charge is 0.493 e. The number of anilines is 2. The quantitative estimate of drug-likeness (QED) is 0.619. The highest BCUT2D eigenvalue weighted by Crippen LogP contribution is 2.48. The van der Waals surface area contributed by atoms with E-state index in [2.05, 4.69) is 20.3 Å². The van der Waals surface area contributed by atoms with Gasteiger partial charge in [-0.25, -0.2) is 15.0 Å². The van der Waals surface area contributed by atoms with Gasteiger partial charge in [-0.15, -0.1) is 11.3 Å². The first kappa shape index (κ1) is 19.5. The van der Waals surface area contributed by atoms with Crippen LogP contribution in [0.3, 0.4) is 0 Å². The molecule has 3 aromatic heterocycles. The fraction of sp³-hybridized carbons (Fsp3) is 0.350. The molecule has 11 heteroatoms. The number of carbonyl (C=O) groups is 1. The van der Waals surface area contributed by atoms with E-state index in [0.29, 0.717) is 17.9 Å². The molecule has 1 amide bonds. The van der Waals surface area contributed by atoms with E-state index in [9.17, 15) is 4.79 Å². The molecule has 10 nitrogen and oxygen atoms in total. The number of ether oxygens (including phenoxy) is 1. The third-order valence-corrected chi connectivity index (χ3v) is 7.06. The molecule has 0 saturated heterocycles. The number of fused-ring (bicyclic) bond motifs is 3. The zero-order valence-corrected chi connectivity index (χ0v) is 18.2. The number of hydrogen-bond donors (Lipinski definition) is 2. The number of carbonyl (C=O) groups excluding carboxylic acids is 1. The molecule has 2 aliphatic rings. The number of hydrazone groups is 1. The maximum Gasteiger partial charge on any atom is 0.267 e. The smallest absolute Gasteiger partial charge is 0.267 e. The Balaban J connectivity index is 1.42. The van der Waals surface area contributed by atoms with Crippen molar-refractivity contribution in [3.8, 4) is 5.75 Å². The number of rotatable bonds is 5. The second kappa shape index (κ2) is 7.05. The first-order valence-corrected chi connectivity index (χ1v) is 10.6. The lowest BCUT2D eigenvalue weighted by Gasteiger charge is -2.37. The summed E-state index contributed by atoms with van der Waals surface area (Å²) in [6.07, 6.45) is 4.26. The fourth-order valence-electron chi connectivity index (χ4n) is 4.19. The highest BCUT2D eigenvalue weighted by Gasteiger charge is 2.55. The average molecular weight is 439 g/mol. The van der Waals surface area contributed by atoms with Crippen LogP contribution in [-0.4, -0.2) is 57.5 Å². The normalized spacial score (nSPS) is 22.0. The van der Waals surface area contributed by atoms with Crippen LogP contribution in [-0.2, 0) is 23.2 Å². The molecule has 0 aliphatic carbocycles. The lowest BCUT2D eigenvalue weighted by Crippen LogP contribution is -2.56. The summed E-state index contributed by atoms with van der Waals surface area (Å²) in [7, 11) is 3.45. The molecule has 0 radical (unpaired) electrons. The minimum absolute atomic E-state index is 0.0935. The molecule has 0 aromatic carbocycles. The van der Waals surface area contributed by atoms with Crippen molar-refractivity contribution in [3.05, 3.63) is 45.7 Å². The van der Waals surface area contributed by atoms with Gasteiger partial charge in [-0.3, -0.25) is 9.89 Å². The van der Waals surface area contributed by atoms with Gasteiger partial charge in [-0.05, 0) is 25.1 Å². The van der Waals surface area contributed by atoms with E-state index in [1.165, 1.54) is 12.1 Å². The van der Waals surface area contributed by atoms with Gasteiger partial charge in [0.2, 0.25) is 0 Å². The number of amides is 1. The van der Waals surface area contributed by atoms with Crippen molar-refractivity contribution in [2.45, 2.75) is 31.3 Å². The number of methoxy groups -OCH3 is 1. The third kappa shape index (κ3) is 3.03. The van der Waals surface area contributed by atoms with Crippen molar-refractivity contribution in [2.24, 2.45) is 5.10 Å². The van der Waals surface area contributed by atoms with Crippen LogP contribution in [0.25, 0.3) is 0 Å². The molecule has 5 rings (SSSR count). The fourth-order valence-corrected chi connectivity index (χ4v) is 5.45. The molecule has 2 unspecified atom stereocenters. The summed E-state index contributed by atoms with van der Waals surface area (Å²) >= 11 is 1.62. The molecule has 0 bridgehead atoms. The van der Waals surface area contributed by atoms with Crippen LogP contribution in [0, 0.1) is 0 Å². The van der Waals surface area contributed by atoms with E-state index in [-0.39, 0.29) is 18.3 Å².